The second-order valence-corrected chi connectivity index (χ2v) is 4.63. The summed E-state index contributed by atoms with van der Waals surface area (Å²) in [6, 6.07) is 6.15. The highest BCUT2D eigenvalue weighted by Gasteiger charge is 2.24. The minimum absolute atomic E-state index is 0.340. The first-order chi connectivity index (χ1) is 9.13. The second-order valence-electron chi connectivity index (χ2n) is 4.63. The van der Waals surface area contributed by atoms with Crippen LogP contribution in [0.3, 0.4) is 0 Å². The van der Waals surface area contributed by atoms with Crippen molar-refractivity contribution < 1.29 is 9.53 Å². The number of methoxy groups -OCH3 is 1. The van der Waals surface area contributed by atoms with Crippen molar-refractivity contribution in [3.05, 3.63) is 29.3 Å². The molecule has 19 heavy (non-hydrogen) atoms. The molecule has 0 radical (unpaired) electrons. The Morgan fingerprint density at radius 1 is 1.53 bits per heavy atom. The molecule has 5 heteroatoms. The van der Waals surface area contributed by atoms with Crippen molar-refractivity contribution in [1.29, 1.82) is 0 Å². The number of carbonyl (C=O) groups excluding carboxylic acids is 1. The number of aryl methyl sites for hydroxylation is 1. The minimum atomic E-state index is -0.483. The molecule has 1 heterocycles. The smallest absolute Gasteiger partial charge is 0.284 e. The number of primary amides is 1. The quantitative estimate of drug-likeness (QED) is 0.811. The topological polar surface area (TPSA) is 67.9 Å². The van der Waals surface area contributed by atoms with Gasteiger partial charge in [-0.3, -0.25) is 9.79 Å². The van der Waals surface area contributed by atoms with Crippen molar-refractivity contribution in [1.82, 2.24) is 0 Å². The Hall–Kier alpha value is -1.88. The van der Waals surface area contributed by atoms with Gasteiger partial charge in [-0.25, -0.2) is 0 Å². The van der Waals surface area contributed by atoms with E-state index >= 15 is 0 Å². The number of ether oxygens (including phenoxy) is 1. The maximum Gasteiger partial charge on any atom is 0.284 e. The summed E-state index contributed by atoms with van der Waals surface area (Å²) in [5, 5.41) is 0. The van der Waals surface area contributed by atoms with Gasteiger partial charge >= 0.3 is 0 Å². The van der Waals surface area contributed by atoms with Crippen LogP contribution in [0.25, 0.3) is 0 Å². The number of amidine groups is 1. The van der Waals surface area contributed by atoms with Crippen molar-refractivity contribution in [2.75, 3.05) is 25.2 Å². The first-order valence-electron chi connectivity index (χ1n) is 6.33. The molecule has 1 aromatic carbocycles. The third-order valence-electron chi connectivity index (χ3n) is 3.13. The van der Waals surface area contributed by atoms with Gasteiger partial charge in [0.1, 0.15) is 0 Å². The number of fused-ring (bicyclic) bond motifs is 1. The first-order valence-corrected chi connectivity index (χ1v) is 6.33. The van der Waals surface area contributed by atoms with Gasteiger partial charge in [-0.2, -0.15) is 0 Å². The normalized spacial score (nSPS) is 14.0. The molecule has 0 atom stereocenters. The zero-order valence-electron chi connectivity index (χ0n) is 11.3. The van der Waals surface area contributed by atoms with E-state index in [1.807, 2.05) is 24.0 Å². The summed E-state index contributed by atoms with van der Waals surface area (Å²) in [7, 11) is 1.66. The van der Waals surface area contributed by atoms with Crippen molar-refractivity contribution in [3.63, 3.8) is 0 Å². The number of amides is 1. The third kappa shape index (κ3) is 2.93. The van der Waals surface area contributed by atoms with Gasteiger partial charge in [0.2, 0.25) is 0 Å². The van der Waals surface area contributed by atoms with E-state index in [4.69, 9.17) is 10.5 Å². The van der Waals surface area contributed by atoms with Crippen LogP contribution in [-0.4, -0.2) is 32.0 Å². The molecule has 0 saturated heterocycles. The van der Waals surface area contributed by atoms with Crippen LogP contribution in [0.15, 0.2) is 23.2 Å². The van der Waals surface area contributed by atoms with Crippen LogP contribution in [-0.2, 0) is 16.1 Å². The van der Waals surface area contributed by atoms with Gasteiger partial charge in [-0.05, 0) is 25.0 Å². The molecule has 2 rings (SSSR count). The van der Waals surface area contributed by atoms with Crippen molar-refractivity contribution in [3.8, 4) is 0 Å². The SMILES string of the molecule is COCCCN1C(C(N)=O)=NCc2cc(C)ccc21. The molecule has 1 aliphatic heterocycles. The molecule has 1 amide bonds. The molecule has 2 N–H and O–H groups in total. The van der Waals surface area contributed by atoms with E-state index in [0.29, 0.717) is 25.5 Å². The highest BCUT2D eigenvalue weighted by molar-refractivity contribution is 6.42. The Morgan fingerprint density at radius 2 is 2.32 bits per heavy atom. The molecule has 0 spiro atoms. The largest absolute Gasteiger partial charge is 0.385 e. The molecule has 0 saturated carbocycles. The van der Waals surface area contributed by atoms with E-state index in [-0.39, 0.29) is 0 Å². The van der Waals surface area contributed by atoms with Gasteiger partial charge in [0.25, 0.3) is 5.91 Å². The van der Waals surface area contributed by atoms with Gasteiger partial charge in [0, 0.05) is 25.9 Å². The fourth-order valence-electron chi connectivity index (χ4n) is 2.27. The fraction of sp³-hybridized carbons (Fsp3) is 0.429. The minimum Gasteiger partial charge on any atom is -0.385 e. The Labute approximate surface area is 113 Å². The summed E-state index contributed by atoms with van der Waals surface area (Å²) in [6.45, 7) is 3.87. The average Bonchev–Trinajstić information content (AvgIpc) is 2.38. The summed E-state index contributed by atoms with van der Waals surface area (Å²) in [5.74, 6) is -0.143. The van der Waals surface area contributed by atoms with Gasteiger partial charge in [0.15, 0.2) is 5.84 Å². The monoisotopic (exact) mass is 261 g/mol. The molecule has 0 bridgehead atoms. The molecular formula is C14H19N3O2. The number of hydrogen-bond donors (Lipinski definition) is 1. The predicted octanol–water partition coefficient (Wildman–Crippen LogP) is 1.24. The lowest BCUT2D eigenvalue weighted by Crippen LogP contribution is -2.43. The molecule has 0 aliphatic carbocycles. The van der Waals surface area contributed by atoms with Crippen molar-refractivity contribution in [2.24, 2.45) is 10.7 Å². The van der Waals surface area contributed by atoms with Gasteiger partial charge in [-0.15, -0.1) is 0 Å². The average molecular weight is 261 g/mol. The Kier molecular flexibility index (Phi) is 4.16. The molecule has 1 aromatic rings. The lowest BCUT2D eigenvalue weighted by Gasteiger charge is -2.30. The molecule has 1 aliphatic rings. The van der Waals surface area contributed by atoms with E-state index in [2.05, 4.69) is 11.1 Å². The van der Waals surface area contributed by atoms with Crippen LogP contribution in [0, 0.1) is 6.92 Å². The standard InChI is InChI=1S/C14H19N3O2/c1-10-4-5-12-11(8-10)9-16-14(13(15)18)17(12)6-3-7-19-2/h4-5,8H,3,6-7,9H2,1-2H3,(H2,15,18). The molecule has 0 unspecified atom stereocenters. The number of benzene rings is 1. The molecule has 5 nitrogen and oxygen atoms in total. The number of nitrogens with two attached hydrogens (primary N) is 1. The Morgan fingerprint density at radius 3 is 3.00 bits per heavy atom. The summed E-state index contributed by atoms with van der Waals surface area (Å²) in [6.07, 6.45) is 0.816. The number of nitrogens with zero attached hydrogens (tertiary/aromatic N) is 2. The van der Waals surface area contributed by atoms with Gasteiger partial charge in [-0.1, -0.05) is 17.7 Å². The van der Waals surface area contributed by atoms with Gasteiger partial charge in [0.05, 0.1) is 6.54 Å². The predicted molar refractivity (Wildman–Crippen MR) is 75.4 cm³/mol. The van der Waals surface area contributed by atoms with Crippen LogP contribution in [0.1, 0.15) is 17.5 Å². The zero-order valence-corrected chi connectivity index (χ0v) is 11.3. The highest BCUT2D eigenvalue weighted by Crippen LogP contribution is 2.27. The fourth-order valence-corrected chi connectivity index (χ4v) is 2.27. The summed E-state index contributed by atoms with van der Waals surface area (Å²) >= 11 is 0. The third-order valence-corrected chi connectivity index (χ3v) is 3.13. The lowest BCUT2D eigenvalue weighted by molar-refractivity contribution is -0.112. The number of aliphatic imine (C=N–C) groups is 1. The van der Waals surface area contributed by atoms with E-state index in [1.54, 1.807) is 7.11 Å². The lowest BCUT2D eigenvalue weighted by atomic mass is 10.1. The summed E-state index contributed by atoms with van der Waals surface area (Å²) in [4.78, 5) is 17.7. The van der Waals surface area contributed by atoms with E-state index in [0.717, 1.165) is 17.7 Å². The number of rotatable bonds is 5. The number of anilines is 1. The highest BCUT2D eigenvalue weighted by atomic mass is 16.5. The molecular weight excluding hydrogens is 242 g/mol. The van der Waals surface area contributed by atoms with E-state index in [9.17, 15) is 4.79 Å². The summed E-state index contributed by atoms with van der Waals surface area (Å²) in [5.41, 5.74) is 8.74. The maximum atomic E-state index is 11.5. The number of hydrogen-bond acceptors (Lipinski definition) is 4. The second kappa shape index (κ2) is 5.84. The Balaban J connectivity index is 2.29. The van der Waals surface area contributed by atoms with Crippen molar-refractivity contribution in [2.45, 2.75) is 19.9 Å². The maximum absolute atomic E-state index is 11.5. The summed E-state index contributed by atoms with van der Waals surface area (Å²) < 4.78 is 5.05. The molecule has 102 valence electrons. The van der Waals surface area contributed by atoms with Gasteiger partial charge < -0.3 is 15.4 Å². The van der Waals surface area contributed by atoms with Crippen LogP contribution in [0.2, 0.25) is 0 Å². The van der Waals surface area contributed by atoms with E-state index < -0.39 is 5.91 Å². The zero-order chi connectivity index (χ0) is 13.8. The molecule has 0 fully saturated rings. The van der Waals surface area contributed by atoms with Crippen LogP contribution < -0.4 is 10.6 Å². The van der Waals surface area contributed by atoms with Crippen LogP contribution in [0.4, 0.5) is 5.69 Å². The van der Waals surface area contributed by atoms with Crippen LogP contribution in [0.5, 0.6) is 0 Å². The van der Waals surface area contributed by atoms with Crippen LogP contribution >= 0.6 is 0 Å². The Bertz CT molecular complexity index is 511. The van der Waals surface area contributed by atoms with Crippen molar-refractivity contribution >= 4 is 17.4 Å². The molecule has 0 aromatic heterocycles. The van der Waals surface area contributed by atoms with E-state index in [1.165, 1.54) is 5.56 Å². The number of carbonyl (C=O) groups is 1. The first kappa shape index (κ1) is 13.5.